The van der Waals surface area contributed by atoms with Crippen LogP contribution in [0.1, 0.15) is 67.5 Å². The van der Waals surface area contributed by atoms with Crippen LogP contribution in [0.15, 0.2) is 22.8 Å². The fraction of sp³-hybridized carbons (Fsp3) is 0.720. The van der Waals surface area contributed by atoms with Crippen molar-refractivity contribution in [1.29, 1.82) is 0 Å². The summed E-state index contributed by atoms with van der Waals surface area (Å²) in [6.07, 6.45) is 5.45. The molecule has 0 N–H and O–H groups in total. The first-order chi connectivity index (χ1) is 15.4. The van der Waals surface area contributed by atoms with E-state index in [2.05, 4.69) is 97.6 Å². The molecule has 2 rings (SSSR count). The Morgan fingerprint density at radius 1 is 0.971 bits per heavy atom. The largest absolute Gasteiger partial charge is 0.399 e. The number of imidazole rings is 1. The van der Waals surface area contributed by atoms with E-state index in [1.807, 2.05) is 4.57 Å². The molecule has 2 aromatic rings. The van der Waals surface area contributed by atoms with Crippen LogP contribution in [0.5, 0.6) is 0 Å². The first-order valence-corrected chi connectivity index (χ1v) is 18.0. The topological polar surface area (TPSA) is 71.2 Å². The third kappa shape index (κ3) is 6.56. The lowest BCUT2D eigenvalue weighted by atomic mass is 10.1. The highest BCUT2D eigenvalue weighted by Gasteiger charge is 2.38. The SMILES string of the molecule is CC(C)=CCCc1c2ncn(CO[Si](C)(C)C(C)(C)C)c2nc(=O)n1CO[Si](C)(C)C(C)(C)C. The maximum absolute atomic E-state index is 13.2. The zero-order valence-corrected chi connectivity index (χ0v) is 25.5. The Morgan fingerprint density at radius 2 is 1.50 bits per heavy atom. The number of allylic oxidation sites excluding steroid dienone is 2. The summed E-state index contributed by atoms with van der Waals surface area (Å²) < 4.78 is 16.3. The van der Waals surface area contributed by atoms with Gasteiger partial charge in [-0.15, -0.1) is 0 Å². The van der Waals surface area contributed by atoms with Crippen LogP contribution in [0.3, 0.4) is 0 Å². The Labute approximate surface area is 207 Å². The minimum atomic E-state index is -2.04. The molecule has 192 valence electrons. The molecule has 0 bridgehead atoms. The summed E-state index contributed by atoms with van der Waals surface area (Å²) in [6.45, 7) is 26.8. The molecule has 2 heterocycles. The second-order valence-electron chi connectivity index (χ2n) is 12.5. The van der Waals surface area contributed by atoms with Crippen molar-refractivity contribution in [2.45, 2.75) is 118 Å². The van der Waals surface area contributed by atoms with Crippen molar-refractivity contribution in [1.82, 2.24) is 19.1 Å². The van der Waals surface area contributed by atoms with Crippen molar-refractivity contribution >= 4 is 27.8 Å². The predicted octanol–water partition coefficient (Wildman–Crippen LogP) is 6.45. The molecule has 0 spiro atoms. The van der Waals surface area contributed by atoms with Gasteiger partial charge in [0.15, 0.2) is 22.3 Å². The summed E-state index contributed by atoms with van der Waals surface area (Å²) in [4.78, 5) is 22.3. The van der Waals surface area contributed by atoms with Crippen molar-refractivity contribution in [2.24, 2.45) is 0 Å². The zero-order chi connectivity index (χ0) is 26.1. The monoisotopic (exact) mass is 506 g/mol. The lowest BCUT2D eigenvalue weighted by Crippen LogP contribution is -2.43. The van der Waals surface area contributed by atoms with Crippen molar-refractivity contribution in [3.8, 4) is 0 Å². The summed E-state index contributed by atoms with van der Waals surface area (Å²) in [5.41, 5.74) is 3.16. The highest BCUT2D eigenvalue weighted by atomic mass is 28.4. The number of hydrogen-bond donors (Lipinski definition) is 0. The van der Waals surface area contributed by atoms with Crippen LogP contribution in [0.2, 0.25) is 36.3 Å². The molecule has 0 aromatic carbocycles. The van der Waals surface area contributed by atoms with Gasteiger partial charge in [-0.1, -0.05) is 53.2 Å². The van der Waals surface area contributed by atoms with Crippen LogP contribution < -0.4 is 5.69 Å². The molecular weight excluding hydrogens is 460 g/mol. The van der Waals surface area contributed by atoms with Crippen molar-refractivity contribution in [3.05, 3.63) is 34.2 Å². The van der Waals surface area contributed by atoms with Gasteiger partial charge in [0.05, 0.1) is 12.0 Å². The van der Waals surface area contributed by atoms with Crippen LogP contribution in [-0.4, -0.2) is 35.7 Å². The average Bonchev–Trinajstić information content (AvgIpc) is 3.06. The minimum absolute atomic E-state index is 0.0546. The lowest BCUT2D eigenvalue weighted by molar-refractivity contribution is 0.203. The molecule has 9 heteroatoms. The number of hydrogen-bond acceptors (Lipinski definition) is 5. The van der Waals surface area contributed by atoms with E-state index in [1.54, 1.807) is 10.9 Å². The van der Waals surface area contributed by atoms with E-state index in [0.29, 0.717) is 18.8 Å². The van der Waals surface area contributed by atoms with Crippen LogP contribution in [0.25, 0.3) is 11.2 Å². The van der Waals surface area contributed by atoms with Gasteiger partial charge in [0.25, 0.3) is 0 Å². The Hall–Kier alpha value is -1.56. The van der Waals surface area contributed by atoms with Crippen LogP contribution >= 0.6 is 0 Å². The van der Waals surface area contributed by atoms with Gasteiger partial charge in [0.1, 0.15) is 19.0 Å². The molecule has 0 radical (unpaired) electrons. The highest BCUT2D eigenvalue weighted by Crippen LogP contribution is 2.37. The van der Waals surface area contributed by atoms with E-state index in [0.717, 1.165) is 17.6 Å². The second kappa shape index (κ2) is 10.2. The maximum atomic E-state index is 13.2. The quantitative estimate of drug-likeness (QED) is 0.289. The molecule has 0 aliphatic heterocycles. The van der Waals surface area contributed by atoms with Gasteiger partial charge in [-0.25, -0.2) is 9.78 Å². The molecule has 2 aromatic heterocycles. The molecule has 0 atom stereocenters. The fourth-order valence-corrected chi connectivity index (χ4v) is 4.74. The predicted molar refractivity (Wildman–Crippen MR) is 146 cm³/mol. The van der Waals surface area contributed by atoms with Gasteiger partial charge in [-0.05, 0) is 63.0 Å². The van der Waals surface area contributed by atoms with Gasteiger partial charge in [0, 0.05) is 0 Å². The third-order valence-electron chi connectivity index (χ3n) is 7.51. The average molecular weight is 507 g/mol. The molecule has 0 aliphatic rings. The number of aromatic nitrogens is 4. The van der Waals surface area contributed by atoms with Crippen LogP contribution in [-0.2, 0) is 28.7 Å². The molecular formula is C25H46N4O3Si2. The van der Waals surface area contributed by atoms with Gasteiger partial charge in [-0.2, -0.15) is 4.98 Å². The first kappa shape index (κ1) is 28.7. The van der Waals surface area contributed by atoms with E-state index in [-0.39, 0.29) is 22.5 Å². The van der Waals surface area contributed by atoms with Crippen LogP contribution in [0.4, 0.5) is 0 Å². The van der Waals surface area contributed by atoms with Crippen molar-refractivity contribution in [3.63, 3.8) is 0 Å². The maximum Gasteiger partial charge on any atom is 0.351 e. The summed E-state index contributed by atoms with van der Waals surface area (Å²) in [5.74, 6) is 0. The van der Waals surface area contributed by atoms with Crippen molar-refractivity contribution in [2.75, 3.05) is 0 Å². The minimum Gasteiger partial charge on any atom is -0.399 e. The molecule has 0 unspecified atom stereocenters. The van der Waals surface area contributed by atoms with E-state index < -0.39 is 16.6 Å². The third-order valence-corrected chi connectivity index (χ3v) is 16.4. The number of fused-ring (bicyclic) bond motifs is 1. The van der Waals surface area contributed by atoms with E-state index >= 15 is 0 Å². The fourth-order valence-electron chi connectivity index (χ4n) is 2.96. The molecule has 0 saturated carbocycles. The molecule has 0 saturated heterocycles. The van der Waals surface area contributed by atoms with E-state index in [1.165, 1.54) is 5.57 Å². The lowest BCUT2D eigenvalue weighted by Gasteiger charge is -2.36. The molecule has 0 aliphatic carbocycles. The van der Waals surface area contributed by atoms with Gasteiger partial charge in [0.2, 0.25) is 0 Å². The Bertz CT molecular complexity index is 1080. The van der Waals surface area contributed by atoms with Gasteiger partial charge < -0.3 is 8.85 Å². The summed E-state index contributed by atoms with van der Waals surface area (Å²) in [5, 5.41) is 0.152. The first-order valence-electron chi connectivity index (χ1n) is 12.2. The Morgan fingerprint density at radius 3 is 2.00 bits per heavy atom. The van der Waals surface area contributed by atoms with Crippen LogP contribution in [0, 0.1) is 0 Å². The number of aryl methyl sites for hydroxylation is 1. The summed E-state index contributed by atoms with van der Waals surface area (Å²) in [6, 6.07) is 0. The Balaban J connectivity index is 2.48. The Kier molecular flexibility index (Phi) is 8.61. The summed E-state index contributed by atoms with van der Waals surface area (Å²) in [7, 11) is -3.99. The molecule has 0 fully saturated rings. The summed E-state index contributed by atoms with van der Waals surface area (Å²) >= 11 is 0. The highest BCUT2D eigenvalue weighted by molar-refractivity contribution is 6.74. The van der Waals surface area contributed by atoms with Crippen molar-refractivity contribution < 1.29 is 8.85 Å². The van der Waals surface area contributed by atoms with E-state index in [9.17, 15) is 4.79 Å². The molecule has 0 amide bonds. The zero-order valence-electron chi connectivity index (χ0n) is 23.5. The number of nitrogens with zero attached hydrogens (tertiary/aromatic N) is 4. The van der Waals surface area contributed by atoms with Gasteiger partial charge in [-0.3, -0.25) is 9.13 Å². The molecule has 34 heavy (non-hydrogen) atoms. The standard InChI is InChI=1S/C25H46N4O3Si2/c1-19(2)14-13-15-20-21-22(28(16-26-21)17-31-33(9,10)24(3,4)5)27-23(30)29(20)18-32-34(11,12)25(6,7)8/h14,16H,13,15,17-18H2,1-12H3. The molecule has 7 nitrogen and oxygen atoms in total. The smallest absolute Gasteiger partial charge is 0.351 e. The number of rotatable bonds is 9. The van der Waals surface area contributed by atoms with E-state index in [4.69, 9.17) is 8.85 Å². The van der Waals surface area contributed by atoms with Gasteiger partial charge >= 0.3 is 5.69 Å². The second-order valence-corrected chi connectivity index (χ2v) is 22.2. The normalized spacial score (nSPS) is 13.5.